The summed E-state index contributed by atoms with van der Waals surface area (Å²) in [6, 6.07) is 17.7. The van der Waals surface area contributed by atoms with E-state index in [1.54, 1.807) is 11.1 Å². The van der Waals surface area contributed by atoms with Crippen LogP contribution in [0.25, 0.3) is 10.9 Å². The van der Waals surface area contributed by atoms with Crippen LogP contribution in [0.1, 0.15) is 21.5 Å². The van der Waals surface area contributed by atoms with E-state index in [4.69, 9.17) is 0 Å². The van der Waals surface area contributed by atoms with Gasteiger partial charge in [-0.25, -0.2) is 0 Å². The molecule has 0 bridgehead atoms. The van der Waals surface area contributed by atoms with Crippen molar-refractivity contribution < 1.29 is 4.79 Å². The lowest BCUT2D eigenvalue weighted by molar-refractivity contribution is 0.0785. The quantitative estimate of drug-likeness (QED) is 0.735. The van der Waals surface area contributed by atoms with Gasteiger partial charge in [0.2, 0.25) is 0 Å². The van der Waals surface area contributed by atoms with Gasteiger partial charge in [0.05, 0.1) is 5.52 Å². The highest BCUT2D eigenvalue weighted by Crippen LogP contribution is 2.15. The summed E-state index contributed by atoms with van der Waals surface area (Å²) in [7, 11) is 1.83. The molecule has 1 amide bonds. The van der Waals surface area contributed by atoms with Crippen molar-refractivity contribution >= 4 is 16.8 Å². The van der Waals surface area contributed by atoms with Gasteiger partial charge in [-0.15, -0.1) is 0 Å². The maximum absolute atomic E-state index is 12.4. The Bertz CT molecular complexity index is 809. The van der Waals surface area contributed by atoms with Gasteiger partial charge in [-0.05, 0) is 42.8 Å². The summed E-state index contributed by atoms with van der Waals surface area (Å²) in [5.41, 5.74) is 3.94. The maximum Gasteiger partial charge on any atom is 0.253 e. The van der Waals surface area contributed by atoms with Crippen LogP contribution in [0.3, 0.4) is 0 Å². The van der Waals surface area contributed by atoms with E-state index in [2.05, 4.69) is 11.1 Å². The Morgan fingerprint density at radius 2 is 1.86 bits per heavy atom. The molecule has 2 aromatic carbocycles. The van der Waals surface area contributed by atoms with Gasteiger partial charge in [0.1, 0.15) is 0 Å². The second-order valence-electron chi connectivity index (χ2n) is 5.56. The Kier molecular flexibility index (Phi) is 3.88. The van der Waals surface area contributed by atoms with Crippen molar-refractivity contribution in [3.8, 4) is 0 Å². The van der Waals surface area contributed by atoms with Crippen LogP contribution in [0.5, 0.6) is 0 Å². The Morgan fingerprint density at radius 1 is 1.09 bits per heavy atom. The molecule has 0 aliphatic rings. The number of aromatic nitrogens is 1. The minimum Gasteiger partial charge on any atom is -0.337 e. The highest BCUT2D eigenvalue weighted by Gasteiger charge is 2.12. The maximum atomic E-state index is 12.4. The largest absolute Gasteiger partial charge is 0.337 e. The van der Waals surface area contributed by atoms with Crippen molar-refractivity contribution in [3.63, 3.8) is 0 Å². The molecule has 0 spiro atoms. The predicted molar refractivity (Wildman–Crippen MR) is 88.7 cm³/mol. The molecule has 110 valence electrons. The van der Waals surface area contributed by atoms with Gasteiger partial charge in [0, 0.05) is 30.7 Å². The third kappa shape index (κ3) is 2.98. The first-order valence-electron chi connectivity index (χ1n) is 7.29. The summed E-state index contributed by atoms with van der Waals surface area (Å²) in [6.07, 6.45) is 1.79. The number of pyridine rings is 1. The molecule has 22 heavy (non-hydrogen) atoms. The molecule has 3 aromatic rings. The molecule has 1 heterocycles. The third-order valence-corrected chi connectivity index (χ3v) is 3.73. The fourth-order valence-electron chi connectivity index (χ4n) is 2.49. The van der Waals surface area contributed by atoms with E-state index in [-0.39, 0.29) is 5.91 Å². The van der Waals surface area contributed by atoms with Crippen LogP contribution in [-0.4, -0.2) is 22.8 Å². The van der Waals surface area contributed by atoms with Gasteiger partial charge in [-0.2, -0.15) is 0 Å². The molecule has 0 N–H and O–H groups in total. The van der Waals surface area contributed by atoms with Crippen molar-refractivity contribution in [3.05, 3.63) is 77.5 Å². The summed E-state index contributed by atoms with van der Waals surface area (Å²) in [5.74, 6) is 0.0336. The summed E-state index contributed by atoms with van der Waals surface area (Å²) < 4.78 is 0. The summed E-state index contributed by atoms with van der Waals surface area (Å²) in [6.45, 7) is 2.60. The zero-order valence-electron chi connectivity index (χ0n) is 12.8. The fraction of sp³-hybridized carbons (Fsp3) is 0.158. The Balaban J connectivity index is 1.78. The molecule has 0 aliphatic heterocycles. The number of benzene rings is 2. The van der Waals surface area contributed by atoms with E-state index < -0.39 is 0 Å². The van der Waals surface area contributed by atoms with Crippen molar-refractivity contribution in [1.29, 1.82) is 0 Å². The van der Waals surface area contributed by atoms with Crippen LogP contribution in [0.4, 0.5) is 0 Å². The molecular formula is C19H18N2O. The van der Waals surface area contributed by atoms with Crippen LogP contribution in [0.15, 0.2) is 60.8 Å². The highest BCUT2D eigenvalue weighted by atomic mass is 16.2. The monoisotopic (exact) mass is 290 g/mol. The van der Waals surface area contributed by atoms with Crippen LogP contribution in [0.2, 0.25) is 0 Å². The number of rotatable bonds is 3. The molecule has 1 aromatic heterocycles. The zero-order valence-corrected chi connectivity index (χ0v) is 12.8. The van der Waals surface area contributed by atoms with Crippen LogP contribution >= 0.6 is 0 Å². The molecule has 0 unspecified atom stereocenters. The average Bonchev–Trinajstić information content (AvgIpc) is 2.55. The standard InChI is InChI=1S/C19H18N2O/c1-14-5-8-16(9-6-14)19(22)21(2)13-15-7-10-18-17(12-15)4-3-11-20-18/h3-12H,13H2,1-2H3. The number of carbonyl (C=O) groups is 1. The first-order valence-corrected chi connectivity index (χ1v) is 7.29. The van der Waals surface area contributed by atoms with E-state index >= 15 is 0 Å². The second-order valence-corrected chi connectivity index (χ2v) is 5.56. The molecule has 0 saturated heterocycles. The molecule has 3 rings (SSSR count). The van der Waals surface area contributed by atoms with E-state index in [0.29, 0.717) is 6.54 Å². The SMILES string of the molecule is Cc1ccc(C(=O)N(C)Cc2ccc3ncccc3c2)cc1. The molecule has 0 atom stereocenters. The molecular weight excluding hydrogens is 272 g/mol. The van der Waals surface area contributed by atoms with Crippen molar-refractivity contribution in [2.24, 2.45) is 0 Å². The lowest BCUT2D eigenvalue weighted by Crippen LogP contribution is -2.26. The molecule has 3 nitrogen and oxygen atoms in total. The molecule has 0 fully saturated rings. The predicted octanol–water partition coefficient (Wildman–Crippen LogP) is 3.82. The number of hydrogen-bond acceptors (Lipinski definition) is 2. The lowest BCUT2D eigenvalue weighted by Gasteiger charge is -2.17. The third-order valence-electron chi connectivity index (χ3n) is 3.73. The number of carbonyl (C=O) groups excluding carboxylic acids is 1. The van der Waals surface area contributed by atoms with Gasteiger partial charge in [-0.1, -0.05) is 29.8 Å². The topological polar surface area (TPSA) is 33.2 Å². The van der Waals surface area contributed by atoms with Crippen molar-refractivity contribution in [2.45, 2.75) is 13.5 Å². The fourth-order valence-corrected chi connectivity index (χ4v) is 2.49. The van der Waals surface area contributed by atoms with Gasteiger partial charge < -0.3 is 4.90 Å². The Morgan fingerprint density at radius 3 is 2.64 bits per heavy atom. The number of hydrogen-bond donors (Lipinski definition) is 0. The van der Waals surface area contributed by atoms with Crippen LogP contribution in [0, 0.1) is 6.92 Å². The van der Waals surface area contributed by atoms with Crippen LogP contribution in [-0.2, 0) is 6.54 Å². The van der Waals surface area contributed by atoms with Gasteiger partial charge in [0.25, 0.3) is 5.91 Å². The number of aryl methyl sites for hydroxylation is 1. The Labute approximate surface area is 130 Å². The smallest absolute Gasteiger partial charge is 0.253 e. The minimum atomic E-state index is 0.0336. The van der Waals surface area contributed by atoms with Crippen molar-refractivity contribution in [1.82, 2.24) is 9.88 Å². The lowest BCUT2D eigenvalue weighted by atomic mass is 10.1. The van der Waals surface area contributed by atoms with E-state index in [0.717, 1.165) is 27.6 Å². The van der Waals surface area contributed by atoms with Gasteiger partial charge >= 0.3 is 0 Å². The van der Waals surface area contributed by atoms with Gasteiger partial charge in [-0.3, -0.25) is 9.78 Å². The van der Waals surface area contributed by atoms with E-state index in [1.807, 2.05) is 62.5 Å². The number of fused-ring (bicyclic) bond motifs is 1. The second kappa shape index (κ2) is 5.98. The average molecular weight is 290 g/mol. The van der Waals surface area contributed by atoms with E-state index in [9.17, 15) is 4.79 Å². The molecule has 0 radical (unpaired) electrons. The Hall–Kier alpha value is -2.68. The summed E-state index contributed by atoms with van der Waals surface area (Å²) in [5, 5.41) is 1.09. The zero-order chi connectivity index (χ0) is 15.5. The van der Waals surface area contributed by atoms with Crippen LogP contribution < -0.4 is 0 Å². The summed E-state index contributed by atoms with van der Waals surface area (Å²) >= 11 is 0. The normalized spacial score (nSPS) is 10.6. The van der Waals surface area contributed by atoms with Gasteiger partial charge in [0.15, 0.2) is 0 Å². The molecule has 3 heteroatoms. The number of amides is 1. The highest BCUT2D eigenvalue weighted by molar-refractivity contribution is 5.94. The number of nitrogens with zero attached hydrogens (tertiary/aromatic N) is 2. The minimum absolute atomic E-state index is 0.0336. The molecule has 0 aliphatic carbocycles. The first kappa shape index (κ1) is 14.3. The summed E-state index contributed by atoms with van der Waals surface area (Å²) in [4.78, 5) is 18.5. The van der Waals surface area contributed by atoms with Crippen molar-refractivity contribution in [2.75, 3.05) is 7.05 Å². The first-order chi connectivity index (χ1) is 10.6. The molecule has 0 saturated carbocycles. The van der Waals surface area contributed by atoms with E-state index in [1.165, 1.54) is 0 Å².